The Hall–Kier alpha value is -0.0800. The van der Waals surface area contributed by atoms with E-state index in [9.17, 15) is 0 Å². The van der Waals surface area contributed by atoms with Crippen LogP contribution in [0.1, 0.15) is 33.6 Å². The maximum absolute atomic E-state index is 5.82. The molecule has 11 heavy (non-hydrogen) atoms. The lowest BCUT2D eigenvalue weighted by atomic mass is 10.1. The molecule has 64 valence electrons. The van der Waals surface area contributed by atoms with Crippen LogP contribution in [0.4, 0.5) is 0 Å². The molecule has 2 fully saturated rings. The maximum Gasteiger partial charge on any atom is 0.0867 e. The Kier molecular flexibility index (Phi) is 1.52. The molecule has 2 heteroatoms. The van der Waals surface area contributed by atoms with Gasteiger partial charge in [-0.25, -0.2) is 0 Å². The van der Waals surface area contributed by atoms with E-state index in [1.54, 1.807) is 0 Å². The highest BCUT2D eigenvalue weighted by Crippen LogP contribution is 2.40. The van der Waals surface area contributed by atoms with E-state index in [0.717, 1.165) is 12.8 Å². The number of ether oxygens (including phenoxy) is 2. The normalized spacial score (nSPS) is 42.3. The molecule has 1 heterocycles. The zero-order chi connectivity index (χ0) is 8.06. The van der Waals surface area contributed by atoms with Crippen molar-refractivity contribution >= 4 is 0 Å². The van der Waals surface area contributed by atoms with Crippen molar-refractivity contribution < 1.29 is 9.47 Å². The maximum atomic E-state index is 5.82. The fourth-order valence-electron chi connectivity index (χ4n) is 1.80. The molecule has 0 aromatic rings. The lowest BCUT2D eigenvalue weighted by Gasteiger charge is -2.25. The predicted molar refractivity (Wildman–Crippen MR) is 42.5 cm³/mol. The third-order valence-corrected chi connectivity index (χ3v) is 2.20. The Morgan fingerprint density at radius 1 is 1.18 bits per heavy atom. The number of epoxide rings is 1. The lowest BCUT2D eigenvalue weighted by Crippen LogP contribution is -2.26. The molecule has 0 amide bonds. The van der Waals surface area contributed by atoms with Gasteiger partial charge in [-0.3, -0.25) is 0 Å². The summed E-state index contributed by atoms with van der Waals surface area (Å²) in [4.78, 5) is 0. The number of fused-ring (bicyclic) bond motifs is 1. The molecule has 1 aliphatic carbocycles. The van der Waals surface area contributed by atoms with Gasteiger partial charge in [0.15, 0.2) is 0 Å². The number of hydrogen-bond acceptors (Lipinski definition) is 2. The van der Waals surface area contributed by atoms with E-state index >= 15 is 0 Å². The highest BCUT2D eigenvalue weighted by atomic mass is 16.6. The highest BCUT2D eigenvalue weighted by Gasteiger charge is 2.49. The van der Waals surface area contributed by atoms with Gasteiger partial charge >= 0.3 is 0 Å². The van der Waals surface area contributed by atoms with E-state index in [4.69, 9.17) is 9.47 Å². The molecule has 2 aliphatic rings. The van der Waals surface area contributed by atoms with E-state index in [2.05, 4.69) is 20.8 Å². The van der Waals surface area contributed by atoms with Crippen LogP contribution in [-0.2, 0) is 9.47 Å². The molecule has 0 radical (unpaired) electrons. The fourth-order valence-corrected chi connectivity index (χ4v) is 1.80. The summed E-state index contributed by atoms with van der Waals surface area (Å²) in [5.41, 5.74) is 0.0153. The summed E-state index contributed by atoms with van der Waals surface area (Å²) >= 11 is 0. The molecular weight excluding hydrogens is 140 g/mol. The smallest absolute Gasteiger partial charge is 0.0867 e. The van der Waals surface area contributed by atoms with Crippen molar-refractivity contribution in [3.8, 4) is 0 Å². The first kappa shape index (κ1) is 7.56. The van der Waals surface area contributed by atoms with Crippen molar-refractivity contribution in [3.05, 3.63) is 0 Å². The molecule has 1 saturated heterocycles. The van der Waals surface area contributed by atoms with Gasteiger partial charge in [-0.15, -0.1) is 0 Å². The van der Waals surface area contributed by atoms with E-state index in [1.807, 2.05) is 0 Å². The molecule has 3 atom stereocenters. The quantitative estimate of drug-likeness (QED) is 0.539. The molecule has 0 spiro atoms. The van der Waals surface area contributed by atoms with Gasteiger partial charge in [0.25, 0.3) is 0 Å². The molecule has 0 aromatic carbocycles. The Labute approximate surface area is 67.9 Å². The van der Waals surface area contributed by atoms with Gasteiger partial charge in [0.1, 0.15) is 0 Å². The third kappa shape index (κ3) is 1.74. The molecule has 0 bridgehead atoms. The molecule has 1 saturated carbocycles. The first-order valence-corrected chi connectivity index (χ1v) is 4.38. The van der Waals surface area contributed by atoms with E-state index in [1.165, 1.54) is 0 Å². The van der Waals surface area contributed by atoms with Crippen LogP contribution in [-0.4, -0.2) is 23.9 Å². The number of hydrogen-bond donors (Lipinski definition) is 0. The van der Waals surface area contributed by atoms with Crippen LogP contribution < -0.4 is 0 Å². The van der Waals surface area contributed by atoms with Gasteiger partial charge in [0.2, 0.25) is 0 Å². The van der Waals surface area contributed by atoms with Crippen LogP contribution in [0.15, 0.2) is 0 Å². The summed E-state index contributed by atoms with van der Waals surface area (Å²) in [6.07, 6.45) is 3.77. The monoisotopic (exact) mass is 156 g/mol. The van der Waals surface area contributed by atoms with Gasteiger partial charge in [-0.05, 0) is 20.8 Å². The van der Waals surface area contributed by atoms with Gasteiger partial charge in [-0.2, -0.15) is 0 Å². The number of rotatable bonds is 1. The molecular formula is C9H16O2. The van der Waals surface area contributed by atoms with Crippen LogP contribution in [0.3, 0.4) is 0 Å². The SMILES string of the molecule is CC(C)(C)OC1C[C@@H]2O[C@@H]2C1. The van der Waals surface area contributed by atoms with E-state index in [0.29, 0.717) is 18.3 Å². The summed E-state index contributed by atoms with van der Waals surface area (Å²) in [6.45, 7) is 6.33. The third-order valence-electron chi connectivity index (χ3n) is 2.20. The van der Waals surface area contributed by atoms with Crippen LogP contribution in [0.2, 0.25) is 0 Å². The van der Waals surface area contributed by atoms with E-state index in [-0.39, 0.29) is 5.60 Å². The summed E-state index contributed by atoms with van der Waals surface area (Å²) in [6, 6.07) is 0. The minimum atomic E-state index is 0.0153. The molecule has 2 rings (SSSR count). The van der Waals surface area contributed by atoms with Gasteiger partial charge < -0.3 is 9.47 Å². The van der Waals surface area contributed by atoms with Crippen molar-refractivity contribution in [2.45, 2.75) is 57.5 Å². The summed E-state index contributed by atoms with van der Waals surface area (Å²) in [5, 5.41) is 0. The average Bonchev–Trinajstić information content (AvgIpc) is 2.36. The predicted octanol–water partition coefficient (Wildman–Crippen LogP) is 1.73. The van der Waals surface area contributed by atoms with Gasteiger partial charge in [0.05, 0.1) is 23.9 Å². The van der Waals surface area contributed by atoms with Crippen LogP contribution >= 0.6 is 0 Å². The second-order valence-electron chi connectivity index (χ2n) is 4.54. The van der Waals surface area contributed by atoms with Crippen molar-refractivity contribution in [2.24, 2.45) is 0 Å². The van der Waals surface area contributed by atoms with Gasteiger partial charge in [0, 0.05) is 12.8 Å². The summed E-state index contributed by atoms with van der Waals surface area (Å²) < 4.78 is 11.1. The fraction of sp³-hybridized carbons (Fsp3) is 1.00. The summed E-state index contributed by atoms with van der Waals surface area (Å²) in [7, 11) is 0. The van der Waals surface area contributed by atoms with Crippen molar-refractivity contribution in [3.63, 3.8) is 0 Å². The second-order valence-corrected chi connectivity index (χ2v) is 4.54. The van der Waals surface area contributed by atoms with Crippen molar-refractivity contribution in [1.29, 1.82) is 0 Å². The second kappa shape index (κ2) is 2.20. The van der Waals surface area contributed by atoms with Crippen molar-refractivity contribution in [2.75, 3.05) is 0 Å². The Balaban J connectivity index is 1.80. The first-order valence-electron chi connectivity index (χ1n) is 4.38. The highest BCUT2D eigenvalue weighted by molar-refractivity contribution is 4.97. The molecule has 2 nitrogen and oxygen atoms in total. The van der Waals surface area contributed by atoms with Crippen LogP contribution in [0.25, 0.3) is 0 Å². The minimum absolute atomic E-state index is 0.0153. The zero-order valence-corrected chi connectivity index (χ0v) is 7.46. The Morgan fingerprint density at radius 3 is 2.18 bits per heavy atom. The average molecular weight is 156 g/mol. The molecule has 0 aromatic heterocycles. The van der Waals surface area contributed by atoms with E-state index < -0.39 is 0 Å². The van der Waals surface area contributed by atoms with Crippen molar-refractivity contribution in [1.82, 2.24) is 0 Å². The largest absolute Gasteiger partial charge is 0.372 e. The molecule has 1 aliphatic heterocycles. The Morgan fingerprint density at radius 2 is 1.73 bits per heavy atom. The topological polar surface area (TPSA) is 21.8 Å². The lowest BCUT2D eigenvalue weighted by molar-refractivity contribution is -0.0680. The van der Waals surface area contributed by atoms with Gasteiger partial charge in [-0.1, -0.05) is 0 Å². The molecule has 0 N–H and O–H groups in total. The molecule has 1 unspecified atom stereocenters. The standard InChI is InChI=1S/C9H16O2/c1-9(2,3)11-6-4-7-8(5-6)10-7/h6-8H,4-5H2,1-3H3/t6?,7-,8+. The Bertz CT molecular complexity index is 149. The first-order chi connectivity index (χ1) is 5.04. The zero-order valence-electron chi connectivity index (χ0n) is 7.46. The van der Waals surface area contributed by atoms with Crippen LogP contribution in [0, 0.1) is 0 Å². The minimum Gasteiger partial charge on any atom is -0.372 e. The summed E-state index contributed by atoms with van der Waals surface area (Å²) in [5.74, 6) is 0. The van der Waals surface area contributed by atoms with Crippen LogP contribution in [0.5, 0.6) is 0 Å².